The summed E-state index contributed by atoms with van der Waals surface area (Å²) in [4.78, 5) is 5.03. The average Bonchev–Trinajstić information content (AvgIpc) is 3.61. The predicted molar refractivity (Wildman–Crippen MR) is 185 cm³/mol. The zero-order valence-corrected chi connectivity index (χ0v) is 28.7. The summed E-state index contributed by atoms with van der Waals surface area (Å²) in [5.74, 6) is 1.76. The van der Waals surface area contributed by atoms with E-state index in [4.69, 9.17) is 5.73 Å². The molecule has 3 N–H and O–H groups in total. The van der Waals surface area contributed by atoms with Crippen molar-refractivity contribution in [2.24, 2.45) is 23.7 Å². The van der Waals surface area contributed by atoms with Gasteiger partial charge in [-0.2, -0.15) is 10.5 Å². The Bertz CT molecular complexity index is 1520. The molecule has 248 valence electrons. The summed E-state index contributed by atoms with van der Waals surface area (Å²) in [6, 6.07) is 20.4. The lowest BCUT2D eigenvalue weighted by atomic mass is 9.91. The predicted octanol–water partition coefficient (Wildman–Crippen LogP) is 6.13. The van der Waals surface area contributed by atoms with Crippen molar-refractivity contribution in [2.45, 2.75) is 76.0 Å². The van der Waals surface area contributed by atoms with E-state index in [2.05, 4.69) is 46.6 Å². The molecule has 8 nitrogen and oxygen atoms in total. The van der Waals surface area contributed by atoms with Gasteiger partial charge in [-0.15, -0.1) is 0 Å². The number of nitriles is 2. The van der Waals surface area contributed by atoms with Gasteiger partial charge < -0.3 is 15.5 Å². The van der Waals surface area contributed by atoms with Gasteiger partial charge in [0.2, 0.25) is 10.0 Å². The van der Waals surface area contributed by atoms with Crippen LogP contribution in [0.3, 0.4) is 0 Å². The fraction of sp³-hybridized carbons (Fsp3) is 0.622. The van der Waals surface area contributed by atoms with E-state index >= 15 is 0 Å². The van der Waals surface area contributed by atoms with Crippen LogP contribution in [0, 0.1) is 46.3 Å². The maximum atomic E-state index is 11.4. The summed E-state index contributed by atoms with van der Waals surface area (Å²) >= 11 is 0. The lowest BCUT2D eigenvalue weighted by Gasteiger charge is -2.23. The standard InChI is InChI=1S/C19H27N3O2S.C18H25N3/c1-3-4-5-6-10-22-12-17-18(13-22)19(17,14-20)15-8-7-9-16(11-15)21-25(2,23)24;1-2-3-4-5-9-21-11-16-17(12-21)18(16,13-19)14-7-6-8-15(20)10-14/h7-9,11,17-18,21H,3-6,10,12-13H2,1-2H3;6-8,10,16-17H,2-5,9,11-12,20H2,1H3/t17-,18+,19?;16-,17+,18?. The Balaban J connectivity index is 0.000000184. The normalized spacial score (nSPS) is 29.5. The smallest absolute Gasteiger partial charge is 0.229 e. The van der Waals surface area contributed by atoms with E-state index in [1.807, 2.05) is 36.4 Å². The van der Waals surface area contributed by atoms with Crippen LogP contribution in [-0.4, -0.2) is 63.7 Å². The van der Waals surface area contributed by atoms with Crippen LogP contribution < -0.4 is 10.5 Å². The number of anilines is 2. The molecule has 0 spiro atoms. The van der Waals surface area contributed by atoms with Crippen molar-refractivity contribution in [3.63, 3.8) is 0 Å². The SMILES string of the molecule is CCCCCCN1C[C@@H]2[C@H](C1)C2(C#N)c1cccc(N)c1.CCCCCCN1C[C@@H]2[C@H](C1)C2(C#N)c1cccc(NS(C)(=O)=O)c1. The highest BCUT2D eigenvalue weighted by atomic mass is 32.2. The molecular weight excluding hydrogens is 593 g/mol. The molecule has 0 aromatic heterocycles. The Morgan fingerprint density at radius 2 is 1.22 bits per heavy atom. The molecule has 2 heterocycles. The number of nitrogens with one attached hydrogen (secondary N) is 1. The zero-order valence-electron chi connectivity index (χ0n) is 27.9. The molecule has 2 aromatic rings. The maximum Gasteiger partial charge on any atom is 0.229 e. The molecular formula is C37H52N6O2S. The van der Waals surface area contributed by atoms with Crippen LogP contribution in [0.25, 0.3) is 0 Å². The zero-order chi connectivity index (χ0) is 33.0. The number of piperidine rings is 2. The maximum absolute atomic E-state index is 11.4. The van der Waals surface area contributed by atoms with Gasteiger partial charge in [0.1, 0.15) is 0 Å². The van der Waals surface area contributed by atoms with Crippen LogP contribution in [0.4, 0.5) is 11.4 Å². The average molecular weight is 645 g/mol. The van der Waals surface area contributed by atoms with E-state index in [1.54, 1.807) is 6.07 Å². The van der Waals surface area contributed by atoms with Crippen LogP contribution in [0.15, 0.2) is 48.5 Å². The van der Waals surface area contributed by atoms with E-state index in [1.165, 1.54) is 57.9 Å². The summed E-state index contributed by atoms with van der Waals surface area (Å²) in [7, 11) is -3.31. The van der Waals surface area contributed by atoms with Gasteiger partial charge in [-0.05, 0) is 61.3 Å². The molecule has 2 saturated carbocycles. The molecule has 9 heteroatoms. The van der Waals surface area contributed by atoms with Crippen LogP contribution >= 0.6 is 0 Å². The molecule has 2 aromatic carbocycles. The number of hydrogen-bond donors (Lipinski definition) is 2. The highest BCUT2D eigenvalue weighted by molar-refractivity contribution is 7.92. The number of hydrogen-bond acceptors (Lipinski definition) is 7. The minimum Gasteiger partial charge on any atom is -0.399 e. The van der Waals surface area contributed by atoms with Crippen molar-refractivity contribution in [1.82, 2.24) is 9.80 Å². The minimum atomic E-state index is -3.31. The second kappa shape index (κ2) is 14.3. The first-order chi connectivity index (χ1) is 22.1. The second-order valence-electron chi connectivity index (χ2n) is 14.1. The highest BCUT2D eigenvalue weighted by Gasteiger charge is 2.70. The van der Waals surface area contributed by atoms with Gasteiger partial charge in [0.15, 0.2) is 0 Å². The van der Waals surface area contributed by atoms with E-state index in [9.17, 15) is 18.9 Å². The number of unbranched alkanes of at least 4 members (excludes halogenated alkanes) is 6. The van der Waals surface area contributed by atoms with Crippen LogP contribution in [0.2, 0.25) is 0 Å². The van der Waals surface area contributed by atoms with E-state index in [-0.39, 0.29) is 5.41 Å². The number of sulfonamides is 1. The van der Waals surface area contributed by atoms with Gasteiger partial charge in [0.25, 0.3) is 0 Å². The molecule has 2 aliphatic heterocycles. The lowest BCUT2D eigenvalue weighted by Crippen LogP contribution is -2.30. The van der Waals surface area contributed by atoms with E-state index in [0.29, 0.717) is 29.4 Å². The van der Waals surface area contributed by atoms with Gasteiger partial charge in [-0.25, -0.2) is 8.42 Å². The van der Waals surface area contributed by atoms with Crippen molar-refractivity contribution in [1.29, 1.82) is 10.5 Å². The summed E-state index contributed by atoms with van der Waals surface area (Å²) < 4.78 is 25.4. The molecule has 2 unspecified atom stereocenters. The van der Waals surface area contributed by atoms with Gasteiger partial charge in [-0.3, -0.25) is 4.72 Å². The Morgan fingerprint density at radius 3 is 1.63 bits per heavy atom. The first-order valence-corrected chi connectivity index (χ1v) is 19.2. The van der Waals surface area contributed by atoms with Crippen molar-refractivity contribution < 1.29 is 8.42 Å². The van der Waals surface area contributed by atoms with Gasteiger partial charge >= 0.3 is 0 Å². The van der Waals surface area contributed by atoms with Crippen molar-refractivity contribution in [2.75, 3.05) is 56.0 Å². The molecule has 4 fully saturated rings. The molecule has 4 aliphatic rings. The molecule has 0 bridgehead atoms. The third-order valence-electron chi connectivity index (χ3n) is 10.9. The molecule has 6 atom stereocenters. The minimum absolute atomic E-state index is 0.255. The van der Waals surface area contributed by atoms with Crippen molar-refractivity contribution in [3.05, 3.63) is 59.7 Å². The highest BCUT2D eigenvalue weighted by Crippen LogP contribution is 2.64. The van der Waals surface area contributed by atoms with Crippen LogP contribution in [0.1, 0.15) is 76.3 Å². The number of nitrogens with zero attached hydrogens (tertiary/aromatic N) is 4. The molecule has 2 aliphatic carbocycles. The number of fused-ring (bicyclic) bond motifs is 2. The summed E-state index contributed by atoms with van der Waals surface area (Å²) in [6.07, 6.45) is 11.5. The fourth-order valence-electron chi connectivity index (χ4n) is 8.48. The summed E-state index contributed by atoms with van der Waals surface area (Å²) in [5.41, 5.74) is 8.58. The van der Waals surface area contributed by atoms with Crippen molar-refractivity contribution in [3.8, 4) is 12.1 Å². The van der Waals surface area contributed by atoms with Gasteiger partial charge in [0, 0.05) is 61.2 Å². The van der Waals surface area contributed by atoms with Crippen molar-refractivity contribution >= 4 is 21.4 Å². The number of rotatable bonds is 14. The molecule has 6 rings (SSSR count). The second-order valence-corrected chi connectivity index (χ2v) is 15.9. The third kappa shape index (κ3) is 7.08. The number of benzene rings is 2. The summed E-state index contributed by atoms with van der Waals surface area (Å²) in [5, 5.41) is 19.6. The number of likely N-dealkylation sites (tertiary alicyclic amines) is 2. The monoisotopic (exact) mass is 644 g/mol. The quantitative estimate of drug-likeness (QED) is 0.187. The molecule has 0 radical (unpaired) electrons. The van der Waals surface area contributed by atoms with Gasteiger partial charge in [0.05, 0.1) is 29.2 Å². The Kier molecular flexibility index (Phi) is 10.7. The first kappa shape index (κ1) is 34.2. The Morgan fingerprint density at radius 1 is 0.761 bits per heavy atom. The fourth-order valence-corrected chi connectivity index (χ4v) is 9.04. The lowest BCUT2D eigenvalue weighted by molar-refractivity contribution is 0.279. The molecule has 0 amide bonds. The topological polar surface area (TPSA) is 126 Å². The Hall–Kier alpha value is -3.11. The van der Waals surface area contributed by atoms with E-state index < -0.39 is 15.4 Å². The third-order valence-corrected chi connectivity index (χ3v) is 11.6. The van der Waals surface area contributed by atoms with Gasteiger partial charge in [-0.1, -0.05) is 76.6 Å². The number of nitrogens with two attached hydrogens (primary N) is 1. The van der Waals surface area contributed by atoms with Crippen LogP contribution in [0.5, 0.6) is 0 Å². The first-order valence-electron chi connectivity index (χ1n) is 17.3. The molecule has 46 heavy (non-hydrogen) atoms. The molecule has 2 saturated heterocycles. The summed E-state index contributed by atoms with van der Waals surface area (Å²) in [6.45, 7) is 10.9. The number of nitrogen functional groups attached to an aromatic ring is 1. The largest absolute Gasteiger partial charge is 0.399 e. The van der Waals surface area contributed by atoms with Crippen LogP contribution in [-0.2, 0) is 20.9 Å². The Labute approximate surface area is 277 Å². The van der Waals surface area contributed by atoms with E-state index in [0.717, 1.165) is 55.8 Å².